The highest BCUT2D eigenvalue weighted by Gasteiger charge is 2.14. The van der Waals surface area contributed by atoms with Gasteiger partial charge in [-0.3, -0.25) is 0 Å². The lowest BCUT2D eigenvalue weighted by molar-refractivity contribution is 0.157. The largest absolute Gasteiger partial charge is 0.387 e. The summed E-state index contributed by atoms with van der Waals surface area (Å²) < 4.78 is 1.70. The number of rotatable bonds is 3. The molecule has 0 fully saturated rings. The Hall–Kier alpha value is -1.69. The van der Waals surface area contributed by atoms with Crippen LogP contribution in [-0.4, -0.2) is 24.6 Å². The van der Waals surface area contributed by atoms with Gasteiger partial charge in [-0.2, -0.15) is 4.98 Å². The van der Waals surface area contributed by atoms with Gasteiger partial charge < -0.3 is 9.67 Å². The summed E-state index contributed by atoms with van der Waals surface area (Å²) in [6.45, 7) is 0.310. The van der Waals surface area contributed by atoms with E-state index in [1.54, 1.807) is 10.9 Å². The molecule has 0 saturated carbocycles. The quantitative estimate of drug-likeness (QED) is 0.597. The fourth-order valence-corrected chi connectivity index (χ4v) is 2.41. The molecule has 0 aliphatic rings. The molecule has 0 bridgehead atoms. The zero-order valence-electron chi connectivity index (χ0n) is 10.2. The van der Waals surface area contributed by atoms with Gasteiger partial charge in [-0.1, -0.05) is 41.9 Å². The van der Waals surface area contributed by atoms with Crippen molar-refractivity contribution in [3.05, 3.63) is 52.7 Å². The maximum atomic E-state index is 10.2. The average molecular weight is 309 g/mol. The van der Waals surface area contributed by atoms with Crippen LogP contribution in [-0.2, 0) is 6.54 Å². The van der Waals surface area contributed by atoms with Crippen LogP contribution in [0.15, 0.2) is 36.7 Å². The number of aliphatic hydroxyl groups excluding tert-OH is 1. The van der Waals surface area contributed by atoms with E-state index in [0.717, 1.165) is 5.56 Å². The Bertz CT molecular complexity index is 745. The van der Waals surface area contributed by atoms with Crippen LogP contribution in [0.2, 0.25) is 10.4 Å². The molecule has 0 aliphatic carbocycles. The van der Waals surface area contributed by atoms with Gasteiger partial charge in [0.25, 0.3) is 0 Å². The Morgan fingerprint density at radius 3 is 2.65 bits per heavy atom. The molecule has 2 heterocycles. The van der Waals surface area contributed by atoms with Gasteiger partial charge in [0, 0.05) is 0 Å². The van der Waals surface area contributed by atoms with Crippen LogP contribution < -0.4 is 0 Å². The molecule has 3 aromatic rings. The summed E-state index contributed by atoms with van der Waals surface area (Å²) in [5, 5.41) is 10.5. The predicted octanol–water partition coefficient (Wildman–Crippen LogP) is 2.87. The predicted molar refractivity (Wildman–Crippen MR) is 76.7 cm³/mol. The smallest absolute Gasteiger partial charge is 0.225 e. The zero-order valence-corrected chi connectivity index (χ0v) is 11.8. The number of hydrogen-bond donors (Lipinski definition) is 1. The van der Waals surface area contributed by atoms with Gasteiger partial charge in [0.2, 0.25) is 5.28 Å². The molecule has 3 rings (SSSR count). The van der Waals surface area contributed by atoms with Crippen molar-refractivity contribution in [2.24, 2.45) is 0 Å². The fraction of sp³-hybridized carbons (Fsp3) is 0.154. The van der Waals surface area contributed by atoms with Crippen molar-refractivity contribution in [1.29, 1.82) is 0 Å². The maximum absolute atomic E-state index is 10.2. The van der Waals surface area contributed by atoms with Crippen LogP contribution in [0, 0.1) is 0 Å². The second kappa shape index (κ2) is 5.36. The normalized spacial score (nSPS) is 12.8. The SMILES string of the molecule is OC(Cn1cnc2c(Cl)nc(Cl)nc21)c1ccccc1. The Morgan fingerprint density at radius 1 is 1.15 bits per heavy atom. The van der Waals surface area contributed by atoms with Gasteiger partial charge in [-0.05, 0) is 17.2 Å². The number of benzene rings is 1. The number of hydrogen-bond acceptors (Lipinski definition) is 4. The molecule has 1 unspecified atom stereocenters. The first-order chi connectivity index (χ1) is 9.65. The van der Waals surface area contributed by atoms with Gasteiger partial charge in [0.1, 0.15) is 5.52 Å². The highest BCUT2D eigenvalue weighted by Crippen LogP contribution is 2.22. The van der Waals surface area contributed by atoms with Crippen LogP contribution in [0.4, 0.5) is 0 Å². The van der Waals surface area contributed by atoms with Crippen LogP contribution in [0.1, 0.15) is 11.7 Å². The van der Waals surface area contributed by atoms with E-state index in [4.69, 9.17) is 23.2 Å². The molecule has 1 atom stereocenters. The molecule has 0 spiro atoms. The summed E-state index contributed by atoms with van der Waals surface area (Å²) in [6, 6.07) is 9.37. The van der Waals surface area contributed by atoms with Gasteiger partial charge in [-0.15, -0.1) is 0 Å². The first kappa shape index (κ1) is 13.3. The van der Waals surface area contributed by atoms with Crippen LogP contribution in [0.3, 0.4) is 0 Å². The first-order valence-electron chi connectivity index (χ1n) is 5.92. The van der Waals surface area contributed by atoms with Crippen molar-refractivity contribution in [1.82, 2.24) is 19.5 Å². The molecule has 1 N–H and O–H groups in total. The van der Waals surface area contributed by atoms with Crippen molar-refractivity contribution in [3.63, 3.8) is 0 Å². The van der Waals surface area contributed by atoms with Gasteiger partial charge >= 0.3 is 0 Å². The van der Waals surface area contributed by atoms with E-state index in [0.29, 0.717) is 17.7 Å². The summed E-state index contributed by atoms with van der Waals surface area (Å²) >= 11 is 11.8. The van der Waals surface area contributed by atoms with Crippen molar-refractivity contribution in [3.8, 4) is 0 Å². The summed E-state index contributed by atoms with van der Waals surface area (Å²) in [4.78, 5) is 12.1. The molecule has 5 nitrogen and oxygen atoms in total. The minimum absolute atomic E-state index is 0.0541. The number of fused-ring (bicyclic) bond motifs is 1. The Morgan fingerprint density at radius 2 is 1.90 bits per heavy atom. The van der Waals surface area contributed by atoms with E-state index in [-0.39, 0.29) is 10.4 Å². The van der Waals surface area contributed by atoms with E-state index >= 15 is 0 Å². The number of aromatic nitrogens is 4. The third kappa shape index (κ3) is 2.47. The topological polar surface area (TPSA) is 63.8 Å². The van der Waals surface area contributed by atoms with Crippen molar-refractivity contribution >= 4 is 34.4 Å². The van der Waals surface area contributed by atoms with Crippen molar-refractivity contribution in [2.75, 3.05) is 0 Å². The Labute approximate surface area is 124 Å². The van der Waals surface area contributed by atoms with Gasteiger partial charge in [0.15, 0.2) is 10.8 Å². The van der Waals surface area contributed by atoms with Crippen molar-refractivity contribution < 1.29 is 5.11 Å². The molecule has 1 aromatic carbocycles. The molecular formula is C13H10Cl2N4O. The maximum Gasteiger partial charge on any atom is 0.225 e. The molecule has 0 amide bonds. The molecule has 0 radical (unpaired) electrons. The highest BCUT2D eigenvalue weighted by molar-refractivity contribution is 6.35. The standard InChI is InChI=1S/C13H10Cl2N4O/c14-11-10-12(18-13(15)17-11)19(7-16-10)6-9(20)8-4-2-1-3-5-8/h1-5,7,9,20H,6H2. The molecule has 0 aliphatic heterocycles. The third-order valence-corrected chi connectivity index (χ3v) is 3.38. The van der Waals surface area contributed by atoms with Crippen LogP contribution in [0.5, 0.6) is 0 Å². The third-order valence-electron chi connectivity index (χ3n) is 2.95. The van der Waals surface area contributed by atoms with E-state index in [9.17, 15) is 5.11 Å². The summed E-state index contributed by atoms with van der Waals surface area (Å²) in [6.07, 6.45) is 0.898. The zero-order chi connectivity index (χ0) is 14.1. The average Bonchev–Trinajstić information content (AvgIpc) is 2.83. The lowest BCUT2D eigenvalue weighted by Crippen LogP contribution is -2.08. The molecule has 0 saturated heterocycles. The summed E-state index contributed by atoms with van der Waals surface area (Å²) in [7, 11) is 0. The van der Waals surface area contributed by atoms with E-state index in [1.165, 1.54) is 0 Å². The number of nitrogens with zero attached hydrogens (tertiary/aromatic N) is 4. The monoisotopic (exact) mass is 308 g/mol. The van der Waals surface area contributed by atoms with E-state index in [1.807, 2.05) is 30.3 Å². The lowest BCUT2D eigenvalue weighted by Gasteiger charge is -2.12. The van der Waals surface area contributed by atoms with E-state index in [2.05, 4.69) is 15.0 Å². The number of halogens is 2. The van der Waals surface area contributed by atoms with Gasteiger partial charge in [-0.25, -0.2) is 9.97 Å². The summed E-state index contributed by atoms with van der Waals surface area (Å²) in [5.74, 6) is 0. The molecular weight excluding hydrogens is 299 g/mol. The second-order valence-corrected chi connectivity index (χ2v) is 4.98. The molecule has 102 valence electrons. The number of aliphatic hydroxyl groups is 1. The molecule has 20 heavy (non-hydrogen) atoms. The second-order valence-electron chi connectivity index (χ2n) is 4.28. The van der Waals surface area contributed by atoms with Crippen LogP contribution >= 0.6 is 23.2 Å². The number of imidazole rings is 1. The van der Waals surface area contributed by atoms with E-state index < -0.39 is 6.10 Å². The molecule has 7 heteroatoms. The Kier molecular flexibility index (Phi) is 3.56. The summed E-state index contributed by atoms with van der Waals surface area (Å²) in [5.41, 5.74) is 1.79. The highest BCUT2D eigenvalue weighted by atomic mass is 35.5. The lowest BCUT2D eigenvalue weighted by atomic mass is 10.1. The van der Waals surface area contributed by atoms with Gasteiger partial charge in [0.05, 0.1) is 19.0 Å². The minimum atomic E-state index is -0.666. The van der Waals surface area contributed by atoms with Crippen LogP contribution in [0.25, 0.3) is 11.2 Å². The first-order valence-corrected chi connectivity index (χ1v) is 6.67. The van der Waals surface area contributed by atoms with Crippen molar-refractivity contribution in [2.45, 2.75) is 12.6 Å². The fourth-order valence-electron chi connectivity index (χ4n) is 1.99. The Balaban J connectivity index is 1.95. The minimum Gasteiger partial charge on any atom is -0.387 e. The molecule has 2 aromatic heterocycles.